The predicted molar refractivity (Wildman–Crippen MR) is 77.8 cm³/mol. The molecule has 15 heavy (non-hydrogen) atoms. The average Bonchev–Trinajstić information content (AvgIpc) is 2.27. The van der Waals surface area contributed by atoms with Crippen LogP contribution in [0.25, 0.3) is 0 Å². The van der Waals surface area contributed by atoms with Crippen molar-refractivity contribution in [1.82, 2.24) is 0 Å². The number of benzene rings is 1. The molecule has 0 saturated carbocycles. The third kappa shape index (κ3) is 2.45. The molecule has 0 aliphatic rings. The Morgan fingerprint density at radius 3 is 2.00 bits per heavy atom. The fraction of sp³-hybridized carbons (Fsp3) is 0.500. The first kappa shape index (κ1) is 13.2. The Morgan fingerprint density at radius 1 is 1.00 bits per heavy atom. The van der Waals surface area contributed by atoms with Gasteiger partial charge in [-0.05, 0) is 11.3 Å². The molecule has 0 bridgehead atoms. The lowest BCUT2D eigenvalue weighted by molar-refractivity contribution is 1.17. The molecule has 84 valence electrons. The average molecular weight is 257 g/mol. The lowest BCUT2D eigenvalue weighted by Crippen LogP contribution is -2.46. The number of thiol groups is 2. The standard InChI is InChI=1S/C12H20S2Si/c1-4-15(5-2,6-3)11-9-7-8-10(13)12(11)14/h7-9,13-14H,4-6H2,1-3H3. The molecule has 0 aromatic heterocycles. The Labute approximate surface area is 105 Å². The molecule has 0 spiro atoms. The zero-order chi connectivity index (χ0) is 11.5. The SMILES string of the molecule is CC[Si](CC)(CC)c1cccc(S)c1S. The van der Waals surface area contributed by atoms with Crippen LogP contribution in [-0.4, -0.2) is 8.07 Å². The molecule has 0 amide bonds. The smallest absolute Gasteiger partial charge is 0.0874 e. The van der Waals surface area contributed by atoms with Crippen LogP contribution in [0.5, 0.6) is 0 Å². The van der Waals surface area contributed by atoms with Crippen LogP contribution in [0.15, 0.2) is 28.0 Å². The lowest BCUT2D eigenvalue weighted by Gasteiger charge is -2.30. The van der Waals surface area contributed by atoms with Crippen molar-refractivity contribution < 1.29 is 0 Å². The Bertz CT molecular complexity index is 324. The third-order valence-corrected chi connectivity index (χ3v) is 10.5. The van der Waals surface area contributed by atoms with Gasteiger partial charge in [0.25, 0.3) is 0 Å². The van der Waals surface area contributed by atoms with E-state index < -0.39 is 8.07 Å². The van der Waals surface area contributed by atoms with E-state index in [1.165, 1.54) is 23.3 Å². The van der Waals surface area contributed by atoms with Crippen molar-refractivity contribution in [3.8, 4) is 0 Å². The summed E-state index contributed by atoms with van der Waals surface area (Å²) in [4.78, 5) is 2.13. The van der Waals surface area contributed by atoms with Crippen LogP contribution in [0.2, 0.25) is 18.1 Å². The molecule has 0 heterocycles. The van der Waals surface area contributed by atoms with Crippen molar-refractivity contribution in [2.45, 2.75) is 48.7 Å². The number of rotatable bonds is 4. The summed E-state index contributed by atoms with van der Waals surface area (Å²) in [6.45, 7) is 6.95. The maximum Gasteiger partial charge on any atom is 0.0874 e. The van der Waals surface area contributed by atoms with Gasteiger partial charge in [0.2, 0.25) is 0 Å². The number of hydrogen-bond donors (Lipinski definition) is 2. The van der Waals surface area contributed by atoms with Gasteiger partial charge < -0.3 is 0 Å². The maximum absolute atomic E-state index is 4.62. The van der Waals surface area contributed by atoms with E-state index in [0.29, 0.717) is 0 Å². The largest absolute Gasteiger partial charge is 0.142 e. The van der Waals surface area contributed by atoms with E-state index in [0.717, 1.165) is 9.79 Å². The maximum atomic E-state index is 4.62. The van der Waals surface area contributed by atoms with Crippen LogP contribution in [0.1, 0.15) is 20.8 Å². The van der Waals surface area contributed by atoms with E-state index in [1.807, 2.05) is 6.07 Å². The summed E-state index contributed by atoms with van der Waals surface area (Å²) in [6.07, 6.45) is 0. The van der Waals surface area contributed by atoms with E-state index in [-0.39, 0.29) is 0 Å². The highest BCUT2D eigenvalue weighted by Crippen LogP contribution is 2.26. The van der Waals surface area contributed by atoms with Gasteiger partial charge in [0.15, 0.2) is 0 Å². The molecule has 1 aromatic carbocycles. The van der Waals surface area contributed by atoms with E-state index >= 15 is 0 Å². The van der Waals surface area contributed by atoms with Gasteiger partial charge in [0.05, 0.1) is 8.07 Å². The van der Waals surface area contributed by atoms with Gasteiger partial charge in [-0.15, -0.1) is 25.3 Å². The van der Waals surface area contributed by atoms with E-state index in [1.54, 1.807) is 0 Å². The Morgan fingerprint density at radius 2 is 1.53 bits per heavy atom. The second kappa shape index (κ2) is 5.46. The molecule has 0 N–H and O–H groups in total. The minimum atomic E-state index is -1.29. The van der Waals surface area contributed by atoms with Crippen molar-refractivity contribution in [3.05, 3.63) is 18.2 Å². The highest BCUT2D eigenvalue weighted by molar-refractivity contribution is 7.83. The topological polar surface area (TPSA) is 0 Å². The fourth-order valence-corrected chi connectivity index (χ4v) is 7.18. The van der Waals surface area contributed by atoms with E-state index in [4.69, 9.17) is 0 Å². The van der Waals surface area contributed by atoms with Crippen molar-refractivity contribution in [3.63, 3.8) is 0 Å². The summed E-state index contributed by atoms with van der Waals surface area (Å²) in [7, 11) is -1.29. The van der Waals surface area contributed by atoms with Crippen molar-refractivity contribution in [2.24, 2.45) is 0 Å². The zero-order valence-corrected chi connectivity index (χ0v) is 12.5. The van der Waals surface area contributed by atoms with E-state index in [2.05, 4.69) is 58.2 Å². The minimum absolute atomic E-state index is 1.02. The molecular formula is C12H20S2Si. The van der Waals surface area contributed by atoms with Gasteiger partial charge in [-0.25, -0.2) is 0 Å². The monoisotopic (exact) mass is 256 g/mol. The van der Waals surface area contributed by atoms with Gasteiger partial charge in [-0.3, -0.25) is 0 Å². The number of hydrogen-bond acceptors (Lipinski definition) is 2. The zero-order valence-electron chi connectivity index (χ0n) is 9.75. The van der Waals surface area contributed by atoms with Crippen LogP contribution in [-0.2, 0) is 0 Å². The normalized spacial score (nSPS) is 11.8. The quantitative estimate of drug-likeness (QED) is 0.591. The molecule has 0 nitrogen and oxygen atoms in total. The molecule has 0 aliphatic carbocycles. The predicted octanol–water partition coefficient (Wildman–Crippen LogP) is 3.98. The van der Waals surface area contributed by atoms with Crippen LogP contribution in [0.4, 0.5) is 0 Å². The molecule has 0 radical (unpaired) electrons. The first-order chi connectivity index (χ1) is 7.11. The lowest BCUT2D eigenvalue weighted by atomic mass is 10.4. The highest BCUT2D eigenvalue weighted by atomic mass is 32.1. The van der Waals surface area contributed by atoms with Crippen molar-refractivity contribution in [2.75, 3.05) is 0 Å². The second-order valence-corrected chi connectivity index (χ2v) is 10.2. The Balaban J connectivity index is 3.28. The molecule has 1 aromatic rings. The highest BCUT2D eigenvalue weighted by Gasteiger charge is 2.30. The summed E-state index contributed by atoms with van der Waals surface area (Å²) >= 11 is 9.09. The van der Waals surface area contributed by atoms with Crippen LogP contribution in [0, 0.1) is 0 Å². The second-order valence-electron chi connectivity index (χ2n) is 4.01. The first-order valence-electron chi connectivity index (χ1n) is 5.62. The summed E-state index contributed by atoms with van der Waals surface area (Å²) in [5.41, 5.74) is 0. The van der Waals surface area contributed by atoms with Crippen LogP contribution < -0.4 is 5.19 Å². The molecule has 3 heteroatoms. The summed E-state index contributed by atoms with van der Waals surface area (Å²) < 4.78 is 0. The van der Waals surface area contributed by atoms with Gasteiger partial charge in [0, 0.05) is 9.79 Å². The van der Waals surface area contributed by atoms with Gasteiger partial charge in [-0.2, -0.15) is 0 Å². The summed E-state index contributed by atoms with van der Waals surface area (Å²) in [6, 6.07) is 10.3. The third-order valence-electron chi connectivity index (χ3n) is 3.62. The molecule has 0 atom stereocenters. The minimum Gasteiger partial charge on any atom is -0.142 e. The van der Waals surface area contributed by atoms with Gasteiger partial charge in [-0.1, -0.05) is 51.0 Å². The van der Waals surface area contributed by atoms with Crippen molar-refractivity contribution in [1.29, 1.82) is 0 Å². The first-order valence-corrected chi connectivity index (χ1v) is 9.14. The van der Waals surface area contributed by atoms with Crippen molar-refractivity contribution >= 4 is 38.5 Å². The molecule has 0 fully saturated rings. The molecular weight excluding hydrogens is 236 g/mol. The van der Waals surface area contributed by atoms with Crippen LogP contribution in [0.3, 0.4) is 0 Å². The van der Waals surface area contributed by atoms with Gasteiger partial charge in [0.1, 0.15) is 0 Å². The molecule has 0 saturated heterocycles. The van der Waals surface area contributed by atoms with Crippen LogP contribution >= 0.6 is 25.3 Å². The summed E-state index contributed by atoms with van der Waals surface area (Å²) in [5.74, 6) is 0. The van der Waals surface area contributed by atoms with Gasteiger partial charge >= 0.3 is 0 Å². The Hall–Kier alpha value is 0.137. The van der Waals surface area contributed by atoms with E-state index in [9.17, 15) is 0 Å². The molecule has 0 unspecified atom stereocenters. The summed E-state index contributed by atoms with van der Waals surface area (Å²) in [5, 5.41) is 1.49. The molecule has 0 aliphatic heterocycles. The Kier molecular flexibility index (Phi) is 4.81. The molecule has 1 rings (SSSR count). The fourth-order valence-electron chi connectivity index (χ4n) is 2.28.